The van der Waals surface area contributed by atoms with Crippen LogP contribution in [0.25, 0.3) is 0 Å². The van der Waals surface area contributed by atoms with Crippen LogP contribution in [0, 0.1) is 0 Å². The number of benzene rings is 2. The zero-order valence-corrected chi connectivity index (χ0v) is 21.2. The number of amides is 2. The number of methoxy groups -OCH3 is 1. The first kappa shape index (κ1) is 26.8. The molecule has 8 nitrogen and oxygen atoms in total. The molecule has 0 saturated carbocycles. The average Bonchev–Trinajstić information content (AvgIpc) is 2.75. The summed E-state index contributed by atoms with van der Waals surface area (Å²) in [6, 6.07) is 10.5. The lowest BCUT2D eigenvalue weighted by atomic mass is 10.1. The molecule has 0 aliphatic carbocycles. The van der Waals surface area contributed by atoms with Gasteiger partial charge in [-0.1, -0.05) is 35.3 Å². The fourth-order valence-electron chi connectivity index (χ4n) is 3.11. The van der Waals surface area contributed by atoms with E-state index in [1.165, 1.54) is 23.1 Å². The van der Waals surface area contributed by atoms with Gasteiger partial charge in [-0.25, -0.2) is 8.42 Å². The first-order chi connectivity index (χ1) is 15.5. The topological polar surface area (TPSA) is 96.0 Å². The Morgan fingerprint density at radius 2 is 1.76 bits per heavy atom. The molecule has 0 aromatic heterocycles. The number of rotatable bonds is 10. The molecule has 0 fully saturated rings. The number of anilines is 1. The zero-order chi connectivity index (χ0) is 24.8. The van der Waals surface area contributed by atoms with Crippen molar-refractivity contribution in [2.75, 3.05) is 30.8 Å². The Kier molecular flexibility index (Phi) is 9.39. The van der Waals surface area contributed by atoms with Crippen LogP contribution in [0.4, 0.5) is 5.69 Å². The third kappa shape index (κ3) is 7.25. The van der Waals surface area contributed by atoms with E-state index in [9.17, 15) is 18.0 Å². The number of likely N-dealkylation sites (N-methyl/N-ethyl adjacent to an activating group) is 1. The molecule has 0 aliphatic rings. The average molecular weight is 516 g/mol. The molecule has 1 N–H and O–H groups in total. The minimum Gasteiger partial charge on any atom is -0.497 e. The molecule has 0 radical (unpaired) electrons. The van der Waals surface area contributed by atoms with E-state index < -0.39 is 28.5 Å². The van der Waals surface area contributed by atoms with Crippen LogP contribution in [0.5, 0.6) is 5.75 Å². The summed E-state index contributed by atoms with van der Waals surface area (Å²) < 4.78 is 31.1. The predicted molar refractivity (Wildman–Crippen MR) is 130 cm³/mol. The Morgan fingerprint density at radius 1 is 1.12 bits per heavy atom. The minimum absolute atomic E-state index is 0.0826. The summed E-state index contributed by atoms with van der Waals surface area (Å²) in [6.45, 7) is 3.30. The lowest BCUT2D eigenvalue weighted by molar-refractivity contribution is -0.139. The zero-order valence-electron chi connectivity index (χ0n) is 18.8. The van der Waals surface area contributed by atoms with Crippen molar-refractivity contribution < 1.29 is 22.7 Å². The van der Waals surface area contributed by atoms with E-state index >= 15 is 0 Å². The number of nitrogens with one attached hydrogen (secondary N) is 1. The van der Waals surface area contributed by atoms with Crippen molar-refractivity contribution in [3.8, 4) is 5.75 Å². The molecule has 11 heteroatoms. The van der Waals surface area contributed by atoms with Gasteiger partial charge in [0.15, 0.2) is 0 Å². The monoisotopic (exact) mass is 515 g/mol. The summed E-state index contributed by atoms with van der Waals surface area (Å²) in [5.74, 6) is -0.273. The van der Waals surface area contributed by atoms with Gasteiger partial charge in [-0.2, -0.15) is 0 Å². The number of nitrogens with zero attached hydrogens (tertiary/aromatic N) is 2. The SMILES string of the molecule is CCNC(=O)C(C)N(Cc1ccc(OC)cc1)C(=O)CN(c1ccc(Cl)cc1Cl)S(C)(=O)=O. The molecule has 0 saturated heterocycles. The maximum absolute atomic E-state index is 13.4. The second kappa shape index (κ2) is 11.6. The van der Waals surface area contributed by atoms with Crippen LogP contribution >= 0.6 is 23.2 Å². The molecule has 2 amide bonds. The molecule has 1 unspecified atom stereocenters. The van der Waals surface area contributed by atoms with Crippen molar-refractivity contribution in [2.45, 2.75) is 26.4 Å². The number of carbonyl (C=O) groups excluding carboxylic acids is 2. The summed E-state index contributed by atoms with van der Waals surface area (Å²) in [4.78, 5) is 27.2. The summed E-state index contributed by atoms with van der Waals surface area (Å²) in [6.07, 6.45) is 0.978. The normalized spacial score (nSPS) is 12.1. The maximum atomic E-state index is 13.4. The van der Waals surface area contributed by atoms with Gasteiger partial charge >= 0.3 is 0 Å². The highest BCUT2D eigenvalue weighted by atomic mass is 35.5. The van der Waals surface area contributed by atoms with Gasteiger partial charge in [0.1, 0.15) is 18.3 Å². The first-order valence-corrected chi connectivity index (χ1v) is 12.7. The molecule has 180 valence electrons. The lowest BCUT2D eigenvalue weighted by Gasteiger charge is -2.31. The van der Waals surface area contributed by atoms with Crippen LogP contribution in [0.1, 0.15) is 19.4 Å². The fourth-order valence-corrected chi connectivity index (χ4v) is 4.53. The first-order valence-electron chi connectivity index (χ1n) is 10.1. The smallest absolute Gasteiger partial charge is 0.244 e. The molecule has 1 atom stereocenters. The van der Waals surface area contributed by atoms with Crippen molar-refractivity contribution >= 4 is 50.7 Å². The Bertz CT molecular complexity index is 1090. The molecular formula is C22H27Cl2N3O5S. The van der Waals surface area contributed by atoms with Gasteiger partial charge in [0, 0.05) is 18.1 Å². The van der Waals surface area contributed by atoms with Gasteiger partial charge in [0.2, 0.25) is 21.8 Å². The number of carbonyl (C=O) groups is 2. The van der Waals surface area contributed by atoms with Crippen LogP contribution in [0.2, 0.25) is 10.0 Å². The van der Waals surface area contributed by atoms with Crippen molar-refractivity contribution in [1.82, 2.24) is 10.2 Å². The number of sulfonamides is 1. The van der Waals surface area contributed by atoms with Gasteiger partial charge in [-0.05, 0) is 49.7 Å². The third-order valence-corrected chi connectivity index (χ3v) is 6.55. The molecule has 2 aromatic rings. The highest BCUT2D eigenvalue weighted by molar-refractivity contribution is 7.92. The number of hydrogen-bond donors (Lipinski definition) is 1. The highest BCUT2D eigenvalue weighted by Crippen LogP contribution is 2.30. The third-order valence-electron chi connectivity index (χ3n) is 4.89. The quantitative estimate of drug-likeness (QED) is 0.523. The van der Waals surface area contributed by atoms with Gasteiger partial charge in [-0.15, -0.1) is 0 Å². The van der Waals surface area contributed by atoms with E-state index in [0.717, 1.165) is 16.1 Å². The van der Waals surface area contributed by atoms with Gasteiger partial charge in [-0.3, -0.25) is 13.9 Å². The van der Waals surface area contributed by atoms with Crippen LogP contribution in [-0.4, -0.2) is 57.6 Å². The Morgan fingerprint density at radius 3 is 2.27 bits per heavy atom. The second-order valence-corrected chi connectivity index (χ2v) is 10.1. The van der Waals surface area contributed by atoms with Gasteiger partial charge < -0.3 is 15.0 Å². The summed E-state index contributed by atoms with van der Waals surface area (Å²) in [5, 5.41) is 3.11. The van der Waals surface area contributed by atoms with Gasteiger partial charge in [0.05, 0.1) is 24.1 Å². The predicted octanol–water partition coefficient (Wildman–Crippen LogP) is 3.32. The number of ether oxygens (including phenoxy) is 1. The maximum Gasteiger partial charge on any atom is 0.244 e. The van der Waals surface area contributed by atoms with Crippen LogP contribution < -0.4 is 14.4 Å². The summed E-state index contributed by atoms with van der Waals surface area (Å²) in [7, 11) is -2.33. The highest BCUT2D eigenvalue weighted by Gasteiger charge is 2.30. The van der Waals surface area contributed by atoms with Crippen LogP contribution in [-0.2, 0) is 26.2 Å². The minimum atomic E-state index is -3.88. The molecular weight excluding hydrogens is 489 g/mol. The van der Waals surface area contributed by atoms with E-state index in [0.29, 0.717) is 17.3 Å². The van der Waals surface area contributed by atoms with E-state index in [-0.39, 0.29) is 23.2 Å². The van der Waals surface area contributed by atoms with E-state index in [2.05, 4.69) is 5.32 Å². The van der Waals surface area contributed by atoms with E-state index in [4.69, 9.17) is 27.9 Å². The Hall–Kier alpha value is -2.49. The van der Waals surface area contributed by atoms with E-state index in [1.807, 2.05) is 0 Å². The number of hydrogen-bond acceptors (Lipinski definition) is 5. The molecule has 2 aromatic carbocycles. The molecule has 33 heavy (non-hydrogen) atoms. The Balaban J connectivity index is 2.40. The Labute approximate surface area is 204 Å². The molecule has 0 spiro atoms. The second-order valence-electron chi connectivity index (χ2n) is 7.31. The molecule has 0 aliphatic heterocycles. The summed E-state index contributed by atoms with van der Waals surface area (Å²) in [5.41, 5.74) is 0.864. The van der Waals surface area contributed by atoms with Crippen LogP contribution in [0.3, 0.4) is 0 Å². The lowest BCUT2D eigenvalue weighted by Crippen LogP contribution is -2.51. The molecule has 0 bridgehead atoms. The van der Waals surface area contributed by atoms with Crippen molar-refractivity contribution in [2.24, 2.45) is 0 Å². The van der Waals surface area contributed by atoms with Crippen molar-refractivity contribution in [3.63, 3.8) is 0 Å². The van der Waals surface area contributed by atoms with Crippen LogP contribution in [0.15, 0.2) is 42.5 Å². The molecule has 0 heterocycles. The summed E-state index contributed by atoms with van der Waals surface area (Å²) >= 11 is 12.1. The van der Waals surface area contributed by atoms with Crippen molar-refractivity contribution in [3.05, 3.63) is 58.1 Å². The standard InChI is InChI=1S/C22H27Cl2N3O5S/c1-5-25-22(29)15(2)26(13-16-6-9-18(32-3)10-7-16)21(28)14-27(33(4,30)31)20-11-8-17(23)12-19(20)24/h6-12,15H,5,13-14H2,1-4H3,(H,25,29). The fraction of sp³-hybridized carbons (Fsp3) is 0.364. The largest absolute Gasteiger partial charge is 0.497 e. The number of halogens is 2. The molecule has 2 rings (SSSR count). The van der Waals surface area contributed by atoms with E-state index in [1.54, 1.807) is 45.2 Å². The van der Waals surface area contributed by atoms with Crippen molar-refractivity contribution in [1.29, 1.82) is 0 Å². The van der Waals surface area contributed by atoms with Gasteiger partial charge in [0.25, 0.3) is 0 Å².